The Morgan fingerprint density at radius 1 is 1.22 bits per heavy atom. The van der Waals surface area contributed by atoms with E-state index < -0.39 is 16.0 Å². The lowest BCUT2D eigenvalue weighted by Gasteiger charge is -2.26. The molecule has 6 heteroatoms. The fourth-order valence-electron chi connectivity index (χ4n) is 2.03. The van der Waals surface area contributed by atoms with Crippen molar-refractivity contribution < 1.29 is 12.8 Å². The topological polar surface area (TPSA) is 49.4 Å². The molecule has 0 spiro atoms. The Hall–Kier alpha value is -1.14. The fraction of sp³-hybridized carbons (Fsp3) is 0.500. The fourth-order valence-corrected chi connectivity index (χ4v) is 3.39. The second kappa shape index (κ2) is 5.24. The predicted molar refractivity (Wildman–Crippen MR) is 69.1 cm³/mol. The zero-order chi connectivity index (χ0) is 13.2. The highest BCUT2D eigenvalue weighted by atomic mass is 32.2. The Balaban J connectivity index is 2.19. The van der Waals surface area contributed by atoms with Gasteiger partial charge in [0.2, 0.25) is 0 Å². The smallest absolute Gasteiger partial charge is 0.271 e. The highest BCUT2D eigenvalue weighted by Crippen LogP contribution is 2.21. The molecule has 4 nitrogen and oxygen atoms in total. The van der Waals surface area contributed by atoms with Crippen LogP contribution in [0, 0.1) is 12.7 Å². The molecule has 1 aromatic carbocycles. The van der Waals surface area contributed by atoms with Gasteiger partial charge < -0.3 is 0 Å². The van der Waals surface area contributed by atoms with Crippen molar-refractivity contribution in [2.24, 2.45) is 0 Å². The molecule has 0 radical (unpaired) electrons. The van der Waals surface area contributed by atoms with E-state index in [0.29, 0.717) is 24.3 Å². The number of nitrogens with one attached hydrogen (secondary N) is 1. The molecule has 1 aliphatic rings. The first-order chi connectivity index (χ1) is 8.50. The van der Waals surface area contributed by atoms with Crippen LogP contribution < -0.4 is 4.72 Å². The van der Waals surface area contributed by atoms with E-state index in [0.717, 1.165) is 19.3 Å². The molecule has 0 saturated carbocycles. The Labute approximate surface area is 107 Å². The largest absolute Gasteiger partial charge is 0.301 e. The van der Waals surface area contributed by atoms with Gasteiger partial charge in [0.05, 0.1) is 5.69 Å². The maximum atomic E-state index is 13.3. The molecule has 1 aliphatic heterocycles. The molecule has 0 unspecified atom stereocenters. The number of nitrogens with zero attached hydrogens (tertiary/aromatic N) is 1. The molecule has 0 aromatic heterocycles. The first kappa shape index (κ1) is 13.3. The molecule has 18 heavy (non-hydrogen) atoms. The van der Waals surface area contributed by atoms with Crippen molar-refractivity contribution >= 4 is 15.9 Å². The van der Waals surface area contributed by atoms with Crippen molar-refractivity contribution in [1.82, 2.24) is 4.31 Å². The molecule has 0 aliphatic carbocycles. The monoisotopic (exact) mass is 272 g/mol. The second-order valence-corrected chi connectivity index (χ2v) is 6.15. The number of rotatable bonds is 3. The van der Waals surface area contributed by atoms with Crippen LogP contribution in [0.4, 0.5) is 10.1 Å². The van der Waals surface area contributed by atoms with Crippen molar-refractivity contribution in [2.45, 2.75) is 26.2 Å². The zero-order valence-corrected chi connectivity index (χ0v) is 11.1. The standard InChI is InChI=1S/C12H17FN2O2S/c1-10-11(13)6-5-7-12(10)14-18(16,17)15-8-3-2-4-9-15/h5-7,14H,2-4,8-9H2,1H3. The number of piperidine rings is 1. The van der Waals surface area contributed by atoms with E-state index in [2.05, 4.69) is 4.72 Å². The van der Waals surface area contributed by atoms with E-state index >= 15 is 0 Å². The van der Waals surface area contributed by atoms with Gasteiger partial charge in [-0.3, -0.25) is 4.72 Å². The lowest BCUT2D eigenvalue weighted by Crippen LogP contribution is -2.39. The lowest BCUT2D eigenvalue weighted by molar-refractivity contribution is 0.349. The third kappa shape index (κ3) is 2.81. The van der Waals surface area contributed by atoms with Gasteiger partial charge in [0.25, 0.3) is 0 Å². The molecule has 0 bridgehead atoms. The first-order valence-electron chi connectivity index (χ1n) is 6.04. The van der Waals surface area contributed by atoms with Gasteiger partial charge in [0, 0.05) is 18.7 Å². The molecule has 1 fully saturated rings. The van der Waals surface area contributed by atoms with E-state index in [9.17, 15) is 12.8 Å². The van der Waals surface area contributed by atoms with Crippen LogP contribution >= 0.6 is 0 Å². The summed E-state index contributed by atoms with van der Waals surface area (Å²) < 4.78 is 41.4. The van der Waals surface area contributed by atoms with E-state index in [1.165, 1.54) is 16.4 Å². The Kier molecular flexibility index (Phi) is 3.87. The summed E-state index contributed by atoms with van der Waals surface area (Å²) in [5.41, 5.74) is 0.624. The molecule has 1 heterocycles. The molecule has 0 amide bonds. The van der Waals surface area contributed by atoms with Crippen LogP contribution in [0.3, 0.4) is 0 Å². The molecule has 100 valence electrons. The summed E-state index contributed by atoms with van der Waals surface area (Å²) in [6, 6.07) is 4.38. The third-order valence-corrected chi connectivity index (χ3v) is 4.68. The summed E-state index contributed by atoms with van der Waals surface area (Å²) in [6.45, 7) is 2.62. The maximum absolute atomic E-state index is 13.3. The van der Waals surface area contributed by atoms with Crippen LogP contribution in [-0.2, 0) is 10.2 Å². The molecular weight excluding hydrogens is 255 g/mol. The Bertz CT molecular complexity index is 525. The Morgan fingerprint density at radius 2 is 1.89 bits per heavy atom. The van der Waals surface area contributed by atoms with Gasteiger partial charge in [-0.1, -0.05) is 12.5 Å². The summed E-state index contributed by atoms with van der Waals surface area (Å²) in [5, 5.41) is 0. The van der Waals surface area contributed by atoms with Crippen LogP contribution in [0.1, 0.15) is 24.8 Å². The zero-order valence-electron chi connectivity index (χ0n) is 10.3. The SMILES string of the molecule is Cc1c(F)cccc1NS(=O)(=O)N1CCCCC1. The van der Waals surface area contributed by atoms with Crippen LogP contribution in [0.25, 0.3) is 0 Å². The van der Waals surface area contributed by atoms with E-state index in [1.807, 2.05) is 0 Å². The predicted octanol–water partition coefficient (Wildman–Crippen LogP) is 2.28. The van der Waals surface area contributed by atoms with Crippen LogP contribution in [0.15, 0.2) is 18.2 Å². The number of hydrogen-bond acceptors (Lipinski definition) is 2. The number of benzene rings is 1. The number of anilines is 1. The van der Waals surface area contributed by atoms with Gasteiger partial charge in [0.15, 0.2) is 0 Å². The normalized spacial score (nSPS) is 17.7. The molecular formula is C12H17FN2O2S. The number of halogens is 1. The molecule has 1 N–H and O–H groups in total. The summed E-state index contributed by atoms with van der Waals surface area (Å²) >= 11 is 0. The molecule has 0 atom stereocenters. The summed E-state index contributed by atoms with van der Waals surface area (Å²) in [7, 11) is -3.56. The van der Waals surface area contributed by atoms with Gasteiger partial charge >= 0.3 is 10.2 Å². The highest BCUT2D eigenvalue weighted by Gasteiger charge is 2.24. The van der Waals surface area contributed by atoms with Gasteiger partial charge in [-0.2, -0.15) is 12.7 Å². The van der Waals surface area contributed by atoms with Crippen molar-refractivity contribution in [2.75, 3.05) is 17.8 Å². The van der Waals surface area contributed by atoms with Crippen LogP contribution in [-0.4, -0.2) is 25.8 Å². The minimum atomic E-state index is -3.56. The summed E-state index contributed by atoms with van der Waals surface area (Å²) in [4.78, 5) is 0. The van der Waals surface area contributed by atoms with E-state index in [1.54, 1.807) is 13.0 Å². The minimum Gasteiger partial charge on any atom is -0.271 e. The molecule has 2 rings (SSSR count). The Morgan fingerprint density at radius 3 is 2.56 bits per heavy atom. The molecule has 1 aromatic rings. The summed E-state index contributed by atoms with van der Waals surface area (Å²) in [6.07, 6.45) is 2.82. The van der Waals surface area contributed by atoms with Crippen molar-refractivity contribution in [3.05, 3.63) is 29.6 Å². The first-order valence-corrected chi connectivity index (χ1v) is 7.48. The van der Waals surface area contributed by atoms with Gasteiger partial charge in [-0.25, -0.2) is 4.39 Å². The third-order valence-electron chi connectivity index (χ3n) is 3.16. The van der Waals surface area contributed by atoms with Crippen LogP contribution in [0.5, 0.6) is 0 Å². The van der Waals surface area contributed by atoms with Crippen LogP contribution in [0.2, 0.25) is 0 Å². The van der Waals surface area contributed by atoms with E-state index in [4.69, 9.17) is 0 Å². The lowest BCUT2D eigenvalue weighted by atomic mass is 10.2. The maximum Gasteiger partial charge on any atom is 0.301 e. The number of hydrogen-bond donors (Lipinski definition) is 1. The molecule has 1 saturated heterocycles. The minimum absolute atomic E-state index is 0.306. The average molecular weight is 272 g/mol. The van der Waals surface area contributed by atoms with Gasteiger partial charge in [-0.05, 0) is 31.9 Å². The van der Waals surface area contributed by atoms with Crippen molar-refractivity contribution in [3.63, 3.8) is 0 Å². The van der Waals surface area contributed by atoms with Crippen molar-refractivity contribution in [3.8, 4) is 0 Å². The van der Waals surface area contributed by atoms with E-state index in [-0.39, 0.29) is 0 Å². The van der Waals surface area contributed by atoms with Gasteiger partial charge in [-0.15, -0.1) is 0 Å². The summed E-state index contributed by atoms with van der Waals surface area (Å²) in [5.74, 6) is -0.408. The highest BCUT2D eigenvalue weighted by molar-refractivity contribution is 7.90. The quantitative estimate of drug-likeness (QED) is 0.917. The van der Waals surface area contributed by atoms with Gasteiger partial charge in [0.1, 0.15) is 5.82 Å². The second-order valence-electron chi connectivity index (χ2n) is 4.48. The van der Waals surface area contributed by atoms with Crippen molar-refractivity contribution in [1.29, 1.82) is 0 Å². The average Bonchev–Trinajstić information content (AvgIpc) is 2.36.